The number of rotatable bonds is 5. The molecule has 5 nitrogen and oxygen atoms in total. The van der Waals surface area contributed by atoms with Gasteiger partial charge in [-0.1, -0.05) is 23.7 Å². The molecule has 0 aliphatic carbocycles. The molecule has 0 aromatic heterocycles. The van der Waals surface area contributed by atoms with Crippen molar-refractivity contribution < 1.29 is 8.42 Å². The van der Waals surface area contributed by atoms with Crippen LogP contribution >= 0.6 is 35.6 Å². The molecule has 0 spiro atoms. The van der Waals surface area contributed by atoms with Crippen molar-refractivity contribution in [2.24, 2.45) is 4.99 Å². The van der Waals surface area contributed by atoms with E-state index in [0.29, 0.717) is 19.6 Å². The molecule has 8 heteroatoms. The molecular formula is C18H29ClIN3O2S. The smallest absolute Gasteiger partial charge is 0.193 e. The molecule has 1 aromatic rings. The van der Waals surface area contributed by atoms with E-state index in [-0.39, 0.29) is 29.7 Å². The summed E-state index contributed by atoms with van der Waals surface area (Å²) in [5.74, 6) is 0.983. The number of aryl methyl sites for hydroxylation is 1. The molecule has 0 unspecified atom stereocenters. The number of nitrogens with zero attached hydrogens (tertiary/aromatic N) is 2. The molecule has 0 bridgehead atoms. The highest BCUT2D eigenvalue weighted by molar-refractivity contribution is 14.0. The highest BCUT2D eigenvalue weighted by Gasteiger charge is 2.40. The van der Waals surface area contributed by atoms with Crippen molar-refractivity contribution in [2.45, 2.75) is 38.4 Å². The molecule has 2 rings (SSSR count). The van der Waals surface area contributed by atoms with Crippen LogP contribution in [0.4, 0.5) is 0 Å². The Balaban J connectivity index is 0.00000338. The Labute approximate surface area is 179 Å². The van der Waals surface area contributed by atoms with Gasteiger partial charge in [-0.15, -0.1) is 24.0 Å². The standard InChI is InChI=1S/C18H28ClN3O2S.HI/c1-4-20-17(22-12-13-25(23,24)18(2,3)14-22)21-11-5-6-15-7-9-16(19)10-8-15;/h7-10H,4-6,11-14H2,1-3H3,(H,20,21);1H. The summed E-state index contributed by atoms with van der Waals surface area (Å²) in [6.07, 6.45) is 1.88. The third-order valence-corrected chi connectivity index (χ3v) is 7.26. The average molecular weight is 514 g/mol. The zero-order chi connectivity index (χ0) is 18.5. The summed E-state index contributed by atoms with van der Waals surface area (Å²) in [6, 6.07) is 7.88. The first-order valence-electron chi connectivity index (χ1n) is 8.75. The highest BCUT2D eigenvalue weighted by atomic mass is 127. The van der Waals surface area contributed by atoms with E-state index in [0.717, 1.165) is 30.4 Å². The van der Waals surface area contributed by atoms with Crippen molar-refractivity contribution in [2.75, 3.05) is 31.9 Å². The Morgan fingerprint density at radius 2 is 1.96 bits per heavy atom. The first-order chi connectivity index (χ1) is 11.7. The SMILES string of the molecule is CCNC(=NCCCc1ccc(Cl)cc1)N1CCS(=O)(=O)C(C)(C)C1.I. The van der Waals surface area contributed by atoms with Gasteiger partial charge in [-0.3, -0.25) is 4.99 Å². The van der Waals surface area contributed by atoms with Crippen LogP contribution in [0.3, 0.4) is 0 Å². The second kappa shape index (κ2) is 10.1. The van der Waals surface area contributed by atoms with Crippen LogP contribution in [0, 0.1) is 0 Å². The Bertz CT molecular complexity index is 706. The number of halogens is 2. The lowest BCUT2D eigenvalue weighted by Crippen LogP contribution is -2.57. The average Bonchev–Trinajstić information content (AvgIpc) is 2.55. The molecule has 26 heavy (non-hydrogen) atoms. The molecule has 1 aliphatic heterocycles. The molecule has 1 N–H and O–H groups in total. The lowest BCUT2D eigenvalue weighted by molar-refractivity contribution is 0.353. The van der Waals surface area contributed by atoms with Crippen molar-refractivity contribution in [1.82, 2.24) is 10.2 Å². The van der Waals surface area contributed by atoms with Crippen LogP contribution in [0.15, 0.2) is 29.3 Å². The van der Waals surface area contributed by atoms with Gasteiger partial charge in [0.05, 0.1) is 10.5 Å². The lowest BCUT2D eigenvalue weighted by Gasteiger charge is -2.39. The van der Waals surface area contributed by atoms with Gasteiger partial charge in [0.2, 0.25) is 0 Å². The van der Waals surface area contributed by atoms with Crippen molar-refractivity contribution in [3.8, 4) is 0 Å². The number of aliphatic imine (C=N–C) groups is 1. The second-order valence-corrected chi connectivity index (χ2v) is 10.1. The van der Waals surface area contributed by atoms with Gasteiger partial charge in [-0.05, 0) is 51.3 Å². The fraction of sp³-hybridized carbons (Fsp3) is 0.611. The zero-order valence-electron chi connectivity index (χ0n) is 15.7. The number of nitrogens with one attached hydrogen (secondary N) is 1. The summed E-state index contributed by atoms with van der Waals surface area (Å²) >= 11 is 5.90. The number of guanidine groups is 1. The van der Waals surface area contributed by atoms with Gasteiger partial charge in [-0.25, -0.2) is 8.42 Å². The van der Waals surface area contributed by atoms with Gasteiger partial charge in [-0.2, -0.15) is 0 Å². The Morgan fingerprint density at radius 3 is 2.54 bits per heavy atom. The van der Waals surface area contributed by atoms with E-state index in [4.69, 9.17) is 16.6 Å². The molecule has 1 saturated heterocycles. The van der Waals surface area contributed by atoms with Crippen LogP contribution in [-0.4, -0.2) is 56.0 Å². The highest BCUT2D eigenvalue weighted by Crippen LogP contribution is 2.23. The molecule has 0 atom stereocenters. The predicted octanol–water partition coefficient (Wildman–Crippen LogP) is 3.37. The second-order valence-electron chi connectivity index (χ2n) is 6.97. The number of hydrogen-bond acceptors (Lipinski definition) is 3. The van der Waals surface area contributed by atoms with E-state index in [9.17, 15) is 8.42 Å². The van der Waals surface area contributed by atoms with Crippen LogP contribution in [0.2, 0.25) is 5.02 Å². The normalized spacial score (nSPS) is 18.9. The zero-order valence-corrected chi connectivity index (χ0v) is 19.6. The van der Waals surface area contributed by atoms with Gasteiger partial charge >= 0.3 is 0 Å². The topological polar surface area (TPSA) is 61.8 Å². The van der Waals surface area contributed by atoms with E-state index in [2.05, 4.69) is 10.2 Å². The van der Waals surface area contributed by atoms with Crippen molar-refractivity contribution in [3.05, 3.63) is 34.9 Å². The number of sulfone groups is 1. The fourth-order valence-electron chi connectivity index (χ4n) is 2.87. The van der Waals surface area contributed by atoms with Crippen LogP contribution in [-0.2, 0) is 16.3 Å². The van der Waals surface area contributed by atoms with Crippen LogP contribution in [0.25, 0.3) is 0 Å². The predicted molar refractivity (Wildman–Crippen MR) is 121 cm³/mol. The lowest BCUT2D eigenvalue weighted by atomic mass is 10.1. The minimum absolute atomic E-state index is 0. The van der Waals surface area contributed by atoms with Crippen molar-refractivity contribution in [3.63, 3.8) is 0 Å². The molecule has 1 aromatic carbocycles. The molecule has 148 valence electrons. The molecule has 0 saturated carbocycles. The minimum Gasteiger partial charge on any atom is -0.357 e. The fourth-order valence-corrected chi connectivity index (χ4v) is 4.36. The van der Waals surface area contributed by atoms with Crippen molar-refractivity contribution in [1.29, 1.82) is 0 Å². The summed E-state index contributed by atoms with van der Waals surface area (Å²) in [4.78, 5) is 6.76. The number of hydrogen-bond donors (Lipinski definition) is 1. The van der Waals surface area contributed by atoms with Gasteiger partial charge in [0.25, 0.3) is 0 Å². The van der Waals surface area contributed by atoms with Crippen LogP contribution < -0.4 is 5.32 Å². The summed E-state index contributed by atoms with van der Waals surface area (Å²) in [6.45, 7) is 8.04. The molecule has 1 fully saturated rings. The Hall–Kier alpha value is -0.540. The van der Waals surface area contributed by atoms with Crippen LogP contribution in [0.1, 0.15) is 32.8 Å². The maximum absolute atomic E-state index is 12.2. The summed E-state index contributed by atoms with van der Waals surface area (Å²) < 4.78 is 23.6. The first kappa shape index (κ1) is 23.5. The van der Waals surface area contributed by atoms with E-state index in [1.807, 2.05) is 31.2 Å². The van der Waals surface area contributed by atoms with E-state index >= 15 is 0 Å². The van der Waals surface area contributed by atoms with Gasteiger partial charge in [0.15, 0.2) is 15.8 Å². The molecule has 1 heterocycles. The quantitative estimate of drug-likeness (QED) is 0.284. The Morgan fingerprint density at radius 1 is 1.31 bits per heavy atom. The monoisotopic (exact) mass is 513 g/mol. The van der Waals surface area contributed by atoms with E-state index < -0.39 is 14.6 Å². The summed E-state index contributed by atoms with van der Waals surface area (Å²) in [7, 11) is -3.04. The molecular weight excluding hydrogens is 485 g/mol. The van der Waals surface area contributed by atoms with E-state index in [1.165, 1.54) is 5.56 Å². The van der Waals surface area contributed by atoms with E-state index in [1.54, 1.807) is 13.8 Å². The van der Waals surface area contributed by atoms with Gasteiger partial charge < -0.3 is 10.2 Å². The molecule has 1 aliphatic rings. The maximum Gasteiger partial charge on any atom is 0.193 e. The molecule has 0 radical (unpaired) electrons. The van der Waals surface area contributed by atoms with Gasteiger partial charge in [0.1, 0.15) is 0 Å². The minimum atomic E-state index is -3.04. The number of benzene rings is 1. The largest absolute Gasteiger partial charge is 0.357 e. The summed E-state index contributed by atoms with van der Waals surface area (Å²) in [5, 5.41) is 4.04. The Kier molecular flexibility index (Phi) is 9.15. The first-order valence-corrected chi connectivity index (χ1v) is 10.8. The third kappa shape index (κ3) is 6.27. The molecule has 0 amide bonds. The maximum atomic E-state index is 12.2. The van der Waals surface area contributed by atoms with Crippen molar-refractivity contribution >= 4 is 51.4 Å². The van der Waals surface area contributed by atoms with Gasteiger partial charge in [0, 0.05) is 31.2 Å². The summed E-state index contributed by atoms with van der Waals surface area (Å²) in [5.41, 5.74) is 1.25. The third-order valence-electron chi connectivity index (χ3n) is 4.48. The van der Waals surface area contributed by atoms with Crippen LogP contribution in [0.5, 0.6) is 0 Å².